The first-order chi connectivity index (χ1) is 10.1. The maximum Gasteiger partial charge on any atom is 0.193 e. The summed E-state index contributed by atoms with van der Waals surface area (Å²) in [6, 6.07) is 8.23. The van der Waals surface area contributed by atoms with Crippen LogP contribution >= 0.6 is 35.3 Å². The number of nitrogens with one attached hydrogen (secondary N) is 1. The Morgan fingerprint density at radius 2 is 1.95 bits per heavy atom. The van der Waals surface area contributed by atoms with Gasteiger partial charge < -0.3 is 11.1 Å². The smallest absolute Gasteiger partial charge is 0.193 e. The second-order valence-electron chi connectivity index (χ2n) is 4.94. The maximum atomic E-state index is 5.90. The van der Waals surface area contributed by atoms with Crippen LogP contribution in [0.5, 0.6) is 0 Å². The Labute approximate surface area is 153 Å². The van der Waals surface area contributed by atoms with Crippen molar-refractivity contribution in [2.45, 2.75) is 33.6 Å². The molecule has 0 bridgehead atoms. The van der Waals surface area contributed by atoms with Gasteiger partial charge in [-0.05, 0) is 38.0 Å². The van der Waals surface area contributed by atoms with Crippen molar-refractivity contribution in [3.8, 4) is 0 Å². The monoisotopic (exact) mass is 430 g/mol. The van der Waals surface area contributed by atoms with E-state index in [-0.39, 0.29) is 24.0 Å². The molecule has 3 N–H and O–H groups in total. The van der Waals surface area contributed by atoms with Crippen LogP contribution in [-0.4, -0.2) is 17.5 Å². The van der Waals surface area contributed by atoms with E-state index in [1.807, 2.05) is 19.1 Å². The fraction of sp³-hybridized carbons (Fsp3) is 0.375. The molecule has 0 aliphatic carbocycles. The van der Waals surface area contributed by atoms with E-state index in [2.05, 4.69) is 41.3 Å². The molecule has 0 fully saturated rings. The molecule has 2 rings (SSSR count). The second kappa shape index (κ2) is 9.09. The highest BCUT2D eigenvalue weighted by Gasteiger charge is 2.03. The van der Waals surface area contributed by atoms with E-state index in [1.165, 1.54) is 10.4 Å². The summed E-state index contributed by atoms with van der Waals surface area (Å²) in [5.41, 5.74) is 9.29. The summed E-state index contributed by atoms with van der Waals surface area (Å²) in [7, 11) is 0. The number of rotatable bonds is 5. The van der Waals surface area contributed by atoms with Crippen LogP contribution < -0.4 is 11.1 Å². The van der Waals surface area contributed by atoms with Crippen LogP contribution in [-0.2, 0) is 12.8 Å². The lowest BCUT2D eigenvalue weighted by atomic mass is 10.1. The lowest BCUT2D eigenvalue weighted by Crippen LogP contribution is -2.23. The summed E-state index contributed by atoms with van der Waals surface area (Å²) in [6.07, 6.45) is 1.87. The molecule has 0 aliphatic rings. The molecular formula is C16H23IN4S. The lowest BCUT2D eigenvalue weighted by Gasteiger charge is -2.06. The van der Waals surface area contributed by atoms with E-state index >= 15 is 0 Å². The minimum atomic E-state index is 0. The maximum absolute atomic E-state index is 5.90. The van der Waals surface area contributed by atoms with Crippen molar-refractivity contribution in [3.63, 3.8) is 0 Å². The number of hydrogen-bond donors (Lipinski definition) is 2. The number of aromatic nitrogens is 1. The molecule has 4 nitrogen and oxygen atoms in total. The molecule has 0 saturated carbocycles. The third-order valence-corrected chi connectivity index (χ3v) is 4.45. The van der Waals surface area contributed by atoms with Crippen LogP contribution in [0.1, 0.15) is 28.1 Å². The lowest BCUT2D eigenvalue weighted by molar-refractivity contribution is 0.941. The number of thiazole rings is 1. The molecule has 6 heteroatoms. The third-order valence-electron chi connectivity index (χ3n) is 3.32. The van der Waals surface area contributed by atoms with Crippen LogP contribution in [0.2, 0.25) is 0 Å². The number of benzene rings is 1. The normalized spacial score (nSPS) is 11.1. The average molecular weight is 430 g/mol. The molecule has 2 aromatic rings. The number of nitrogens with zero attached hydrogens (tertiary/aromatic N) is 2. The predicted octanol–water partition coefficient (Wildman–Crippen LogP) is 3.91. The van der Waals surface area contributed by atoms with Crippen molar-refractivity contribution in [1.82, 2.24) is 4.98 Å². The average Bonchev–Trinajstić information content (AvgIpc) is 2.78. The van der Waals surface area contributed by atoms with Gasteiger partial charge in [-0.3, -0.25) is 4.99 Å². The van der Waals surface area contributed by atoms with Gasteiger partial charge in [-0.15, -0.1) is 35.3 Å². The van der Waals surface area contributed by atoms with Gasteiger partial charge in [-0.2, -0.15) is 0 Å². The first-order valence-corrected chi connectivity index (χ1v) is 7.99. The highest BCUT2D eigenvalue weighted by Crippen LogP contribution is 2.16. The Morgan fingerprint density at radius 3 is 2.50 bits per heavy atom. The molecule has 0 amide bonds. The number of halogens is 1. The standard InChI is InChI=1S/C16H22N4S.HI/c1-4-13-5-7-14(8-6-13)20-16(17)18-10-9-15-19-11(2)12(3)21-15;/h5-8H,4,9-10H2,1-3H3,(H3,17,18,20);1H. The van der Waals surface area contributed by atoms with Crippen molar-refractivity contribution in [2.75, 3.05) is 11.9 Å². The zero-order valence-electron chi connectivity index (χ0n) is 13.2. The molecule has 0 atom stereocenters. The summed E-state index contributed by atoms with van der Waals surface area (Å²) < 4.78 is 0. The molecule has 0 aliphatic heterocycles. The van der Waals surface area contributed by atoms with Crippen LogP contribution in [0.4, 0.5) is 5.69 Å². The zero-order valence-corrected chi connectivity index (χ0v) is 16.4. The molecule has 1 aromatic heterocycles. The van der Waals surface area contributed by atoms with Gasteiger partial charge in [-0.1, -0.05) is 19.1 Å². The van der Waals surface area contributed by atoms with Crippen LogP contribution in [0.25, 0.3) is 0 Å². The minimum absolute atomic E-state index is 0. The van der Waals surface area contributed by atoms with E-state index in [9.17, 15) is 0 Å². The van der Waals surface area contributed by atoms with Crippen molar-refractivity contribution < 1.29 is 0 Å². The summed E-state index contributed by atoms with van der Waals surface area (Å²) in [5, 5.41) is 4.23. The van der Waals surface area contributed by atoms with Gasteiger partial charge in [0.1, 0.15) is 0 Å². The molecule has 120 valence electrons. The van der Waals surface area contributed by atoms with Crippen molar-refractivity contribution in [3.05, 3.63) is 45.4 Å². The van der Waals surface area contributed by atoms with E-state index in [0.29, 0.717) is 12.5 Å². The van der Waals surface area contributed by atoms with E-state index < -0.39 is 0 Å². The SMILES string of the molecule is CCc1ccc(NC(N)=NCCc2nc(C)c(C)s2)cc1.I. The third kappa shape index (κ3) is 5.57. The number of nitrogens with two attached hydrogens (primary N) is 1. The Bertz CT molecular complexity index is 600. The first-order valence-electron chi connectivity index (χ1n) is 7.17. The van der Waals surface area contributed by atoms with Crippen molar-refractivity contribution >= 4 is 47.0 Å². The molecular weight excluding hydrogens is 407 g/mol. The fourth-order valence-corrected chi connectivity index (χ4v) is 2.85. The first kappa shape index (κ1) is 18.9. The molecule has 0 unspecified atom stereocenters. The summed E-state index contributed by atoms with van der Waals surface area (Å²) in [5.74, 6) is 0.448. The Balaban J connectivity index is 0.00000242. The molecule has 0 saturated heterocycles. The van der Waals surface area contributed by atoms with Gasteiger partial charge in [0.05, 0.1) is 10.7 Å². The van der Waals surface area contributed by atoms with E-state index in [1.54, 1.807) is 11.3 Å². The van der Waals surface area contributed by atoms with Crippen LogP contribution in [0.3, 0.4) is 0 Å². The number of anilines is 1. The Kier molecular flexibility index (Phi) is 7.81. The molecule has 1 aromatic carbocycles. The number of aliphatic imine (C=N–C) groups is 1. The fourth-order valence-electron chi connectivity index (χ4n) is 1.93. The van der Waals surface area contributed by atoms with Crippen molar-refractivity contribution in [1.29, 1.82) is 0 Å². The van der Waals surface area contributed by atoms with E-state index in [4.69, 9.17) is 5.73 Å². The molecule has 22 heavy (non-hydrogen) atoms. The number of guanidine groups is 1. The van der Waals surface area contributed by atoms with Crippen LogP contribution in [0, 0.1) is 13.8 Å². The number of hydrogen-bond acceptors (Lipinski definition) is 3. The topological polar surface area (TPSA) is 63.3 Å². The summed E-state index contributed by atoms with van der Waals surface area (Å²) in [4.78, 5) is 10.1. The zero-order chi connectivity index (χ0) is 15.2. The summed E-state index contributed by atoms with van der Waals surface area (Å²) in [6.45, 7) is 6.92. The Hall–Kier alpha value is -1.15. The minimum Gasteiger partial charge on any atom is -0.370 e. The van der Waals surface area contributed by atoms with Gasteiger partial charge in [0.2, 0.25) is 0 Å². The molecule has 1 heterocycles. The number of aryl methyl sites for hydroxylation is 3. The molecule has 0 radical (unpaired) electrons. The molecule has 0 spiro atoms. The highest BCUT2D eigenvalue weighted by molar-refractivity contribution is 14.0. The van der Waals surface area contributed by atoms with Gasteiger partial charge >= 0.3 is 0 Å². The van der Waals surface area contributed by atoms with Gasteiger partial charge in [0, 0.05) is 23.5 Å². The predicted molar refractivity (Wildman–Crippen MR) is 107 cm³/mol. The van der Waals surface area contributed by atoms with E-state index in [0.717, 1.165) is 29.2 Å². The summed E-state index contributed by atoms with van der Waals surface area (Å²) >= 11 is 1.73. The van der Waals surface area contributed by atoms with Gasteiger partial charge in [-0.25, -0.2) is 4.98 Å². The second-order valence-corrected chi connectivity index (χ2v) is 6.23. The largest absolute Gasteiger partial charge is 0.370 e. The quantitative estimate of drug-likeness (QED) is 0.430. The van der Waals surface area contributed by atoms with Gasteiger partial charge in [0.15, 0.2) is 5.96 Å². The van der Waals surface area contributed by atoms with Crippen molar-refractivity contribution in [2.24, 2.45) is 10.7 Å². The van der Waals surface area contributed by atoms with Crippen LogP contribution in [0.15, 0.2) is 29.3 Å². The highest BCUT2D eigenvalue weighted by atomic mass is 127. The van der Waals surface area contributed by atoms with Gasteiger partial charge in [0.25, 0.3) is 0 Å². The Morgan fingerprint density at radius 1 is 1.27 bits per heavy atom.